The molecule has 6 heteroatoms. The Morgan fingerprint density at radius 3 is 2.41 bits per heavy atom. The van der Waals surface area contributed by atoms with E-state index in [0.717, 1.165) is 38.5 Å². The average Bonchev–Trinajstić information content (AvgIpc) is 2.84. The number of para-hydroxylation sites is 1. The third kappa shape index (κ3) is 6.80. The number of carbonyl (C=O) groups excluding carboxylic acids is 1. The molecule has 0 fully saturated rings. The highest BCUT2D eigenvalue weighted by atomic mass is 79.9. The van der Waals surface area contributed by atoms with Gasteiger partial charge in [0, 0.05) is 11.9 Å². The molecular weight excluding hydrogens is 492 g/mol. The molecule has 0 unspecified atom stereocenters. The number of ether oxygens (including phenoxy) is 2. The van der Waals surface area contributed by atoms with Gasteiger partial charge in [0.05, 0.1) is 10.2 Å². The second kappa shape index (κ2) is 11.3. The van der Waals surface area contributed by atoms with E-state index >= 15 is 0 Å². The predicted molar refractivity (Wildman–Crippen MR) is 140 cm³/mol. The van der Waals surface area contributed by atoms with Gasteiger partial charge in [0.2, 0.25) is 0 Å². The number of halogens is 1. The Labute approximate surface area is 207 Å². The van der Waals surface area contributed by atoms with Crippen molar-refractivity contribution in [2.75, 3.05) is 11.9 Å². The normalized spacial score (nSPS) is 10.8. The van der Waals surface area contributed by atoms with Gasteiger partial charge in [0.15, 0.2) is 6.61 Å². The first-order valence-electron chi connectivity index (χ1n) is 10.7. The van der Waals surface area contributed by atoms with Crippen LogP contribution in [0.15, 0.2) is 107 Å². The minimum absolute atomic E-state index is 0.0859. The lowest BCUT2D eigenvalue weighted by Crippen LogP contribution is -2.20. The molecule has 0 aliphatic carbocycles. The van der Waals surface area contributed by atoms with Gasteiger partial charge in [-0.2, -0.15) is 0 Å². The maximum Gasteiger partial charge on any atom is 0.262 e. The summed E-state index contributed by atoms with van der Waals surface area (Å²) in [6.07, 6.45) is 1.77. The van der Waals surface area contributed by atoms with E-state index in [0.29, 0.717) is 5.75 Å². The molecule has 4 aromatic carbocycles. The highest BCUT2D eigenvalue weighted by Gasteiger charge is 2.07. The van der Waals surface area contributed by atoms with Crippen molar-refractivity contribution < 1.29 is 14.3 Å². The molecule has 170 valence electrons. The number of carbonyl (C=O) groups is 1. The van der Waals surface area contributed by atoms with E-state index in [1.54, 1.807) is 6.21 Å². The molecule has 1 N–H and O–H groups in total. The Morgan fingerprint density at radius 1 is 0.912 bits per heavy atom. The van der Waals surface area contributed by atoms with Crippen molar-refractivity contribution >= 4 is 39.4 Å². The molecule has 0 saturated heterocycles. The highest BCUT2D eigenvalue weighted by Crippen LogP contribution is 2.27. The Hall–Kier alpha value is -3.90. The molecule has 4 aromatic rings. The van der Waals surface area contributed by atoms with E-state index < -0.39 is 0 Å². The summed E-state index contributed by atoms with van der Waals surface area (Å²) >= 11 is 3.51. The summed E-state index contributed by atoms with van der Waals surface area (Å²) in [5, 5.41) is 2.83. The molecule has 0 saturated carbocycles. The lowest BCUT2D eigenvalue weighted by Gasteiger charge is -2.10. The number of nitrogens with one attached hydrogen (secondary N) is 1. The van der Waals surface area contributed by atoms with Crippen molar-refractivity contribution in [2.24, 2.45) is 4.99 Å². The van der Waals surface area contributed by atoms with E-state index in [1.165, 1.54) is 0 Å². The first-order valence-corrected chi connectivity index (χ1v) is 11.5. The molecule has 5 nitrogen and oxygen atoms in total. The predicted octanol–water partition coefficient (Wildman–Crippen LogP) is 7.32. The van der Waals surface area contributed by atoms with Gasteiger partial charge in [0.25, 0.3) is 5.91 Å². The number of anilines is 1. The van der Waals surface area contributed by atoms with E-state index in [1.807, 2.05) is 104 Å². The van der Waals surface area contributed by atoms with Gasteiger partial charge in [-0.05, 0) is 101 Å². The smallest absolute Gasteiger partial charge is 0.262 e. The molecule has 0 atom stereocenters. The number of nitrogens with zero attached hydrogens (tertiary/aromatic N) is 1. The molecule has 4 rings (SSSR count). The summed E-state index contributed by atoms with van der Waals surface area (Å²) in [6.45, 7) is 1.89. The minimum atomic E-state index is -0.220. The lowest BCUT2D eigenvalue weighted by molar-refractivity contribution is -0.118. The number of aliphatic imine (C=N–C) groups is 1. The molecule has 0 aliphatic heterocycles. The van der Waals surface area contributed by atoms with E-state index in [2.05, 4.69) is 26.2 Å². The van der Waals surface area contributed by atoms with Crippen LogP contribution < -0.4 is 14.8 Å². The average molecular weight is 515 g/mol. The van der Waals surface area contributed by atoms with Gasteiger partial charge < -0.3 is 14.8 Å². The number of aryl methyl sites for hydroxylation is 1. The molecule has 0 radical (unpaired) electrons. The van der Waals surface area contributed by atoms with Crippen LogP contribution in [0.4, 0.5) is 11.4 Å². The fourth-order valence-corrected chi connectivity index (χ4v) is 3.66. The zero-order valence-electron chi connectivity index (χ0n) is 18.6. The molecule has 1 amide bonds. The van der Waals surface area contributed by atoms with Crippen molar-refractivity contribution in [3.63, 3.8) is 0 Å². The second-order valence-electron chi connectivity index (χ2n) is 7.56. The number of hydrogen-bond acceptors (Lipinski definition) is 4. The van der Waals surface area contributed by atoms with Crippen LogP contribution in [-0.4, -0.2) is 18.7 Å². The third-order valence-electron chi connectivity index (χ3n) is 4.79. The Morgan fingerprint density at radius 2 is 1.68 bits per heavy atom. The Kier molecular flexibility index (Phi) is 7.73. The van der Waals surface area contributed by atoms with Gasteiger partial charge in [-0.15, -0.1) is 0 Å². The van der Waals surface area contributed by atoms with Crippen molar-refractivity contribution in [3.8, 4) is 17.2 Å². The van der Waals surface area contributed by atoms with Crippen molar-refractivity contribution in [2.45, 2.75) is 6.92 Å². The summed E-state index contributed by atoms with van der Waals surface area (Å²) in [5.74, 6) is 1.90. The van der Waals surface area contributed by atoms with E-state index in [-0.39, 0.29) is 12.5 Å². The van der Waals surface area contributed by atoms with Crippen molar-refractivity contribution in [1.29, 1.82) is 0 Å². The number of hydrogen-bond donors (Lipinski definition) is 1. The quantitative estimate of drug-likeness (QED) is 0.250. The van der Waals surface area contributed by atoms with Gasteiger partial charge in [-0.3, -0.25) is 9.79 Å². The molecule has 0 aliphatic rings. The van der Waals surface area contributed by atoms with Gasteiger partial charge in [0.1, 0.15) is 17.2 Å². The SMILES string of the molecule is Cc1cccc(NC(=O)COc2ccc(C=Nc3ccc(Oc4ccccc4)cc3)cc2Br)c1. The fourth-order valence-electron chi connectivity index (χ4n) is 3.15. The summed E-state index contributed by atoms with van der Waals surface area (Å²) < 4.78 is 12.2. The van der Waals surface area contributed by atoms with Crippen LogP contribution in [0.5, 0.6) is 17.2 Å². The van der Waals surface area contributed by atoms with Crippen LogP contribution in [0.1, 0.15) is 11.1 Å². The third-order valence-corrected chi connectivity index (χ3v) is 5.41. The van der Waals surface area contributed by atoms with Crippen molar-refractivity contribution in [1.82, 2.24) is 0 Å². The second-order valence-corrected chi connectivity index (χ2v) is 8.42. The van der Waals surface area contributed by atoms with Crippen LogP contribution >= 0.6 is 15.9 Å². The summed E-state index contributed by atoms with van der Waals surface area (Å²) in [4.78, 5) is 16.7. The zero-order valence-corrected chi connectivity index (χ0v) is 20.2. The molecule has 34 heavy (non-hydrogen) atoms. The molecule has 0 heterocycles. The first kappa shape index (κ1) is 23.3. The van der Waals surface area contributed by atoms with E-state index in [9.17, 15) is 4.79 Å². The monoisotopic (exact) mass is 514 g/mol. The number of rotatable bonds is 8. The summed E-state index contributed by atoms with van der Waals surface area (Å²) in [5.41, 5.74) is 3.53. The molecule has 0 bridgehead atoms. The minimum Gasteiger partial charge on any atom is -0.483 e. The molecule has 0 aromatic heterocycles. The maximum atomic E-state index is 12.2. The lowest BCUT2D eigenvalue weighted by atomic mass is 10.2. The van der Waals surface area contributed by atoms with E-state index in [4.69, 9.17) is 9.47 Å². The summed E-state index contributed by atoms with van der Waals surface area (Å²) in [7, 11) is 0. The zero-order chi connectivity index (χ0) is 23.8. The topological polar surface area (TPSA) is 59.9 Å². The van der Waals surface area contributed by atoms with Crippen LogP contribution in [-0.2, 0) is 4.79 Å². The van der Waals surface area contributed by atoms with Gasteiger partial charge in [-0.25, -0.2) is 0 Å². The highest BCUT2D eigenvalue weighted by molar-refractivity contribution is 9.10. The Bertz CT molecular complexity index is 1290. The number of benzene rings is 4. The largest absolute Gasteiger partial charge is 0.483 e. The number of amides is 1. The maximum absolute atomic E-state index is 12.2. The first-order chi connectivity index (χ1) is 16.5. The van der Waals surface area contributed by atoms with Crippen molar-refractivity contribution in [3.05, 3.63) is 113 Å². The van der Waals surface area contributed by atoms with Gasteiger partial charge >= 0.3 is 0 Å². The van der Waals surface area contributed by atoms with Crippen LogP contribution in [0.3, 0.4) is 0 Å². The molecule has 0 spiro atoms. The Balaban J connectivity index is 1.31. The summed E-state index contributed by atoms with van der Waals surface area (Å²) in [6, 6.07) is 30.4. The van der Waals surface area contributed by atoms with Crippen LogP contribution in [0, 0.1) is 6.92 Å². The van der Waals surface area contributed by atoms with Crippen LogP contribution in [0.2, 0.25) is 0 Å². The molecular formula is C28H23BrN2O3. The standard InChI is InChI=1S/C28H23BrN2O3/c1-20-6-5-7-23(16-20)31-28(32)19-33-27-15-10-21(17-26(27)29)18-30-22-11-13-25(14-12-22)34-24-8-3-2-4-9-24/h2-18H,19H2,1H3,(H,31,32). The van der Waals surface area contributed by atoms with Gasteiger partial charge in [-0.1, -0.05) is 30.3 Å². The fraction of sp³-hybridized carbons (Fsp3) is 0.0714. The van der Waals surface area contributed by atoms with Crippen LogP contribution in [0.25, 0.3) is 0 Å².